The first-order valence-electron chi connectivity index (χ1n) is 7.14. The van der Waals surface area contributed by atoms with Crippen molar-refractivity contribution in [2.75, 3.05) is 19.6 Å². The number of hydrogen-bond acceptors (Lipinski definition) is 3. The van der Waals surface area contributed by atoms with Crippen LogP contribution in [0.15, 0.2) is 41.1 Å². The van der Waals surface area contributed by atoms with Crippen molar-refractivity contribution in [3.8, 4) is 0 Å². The second-order valence-electron chi connectivity index (χ2n) is 5.30. The smallest absolute Gasteiger partial charge is 0.144 e. The molecule has 0 saturated carbocycles. The van der Waals surface area contributed by atoms with E-state index < -0.39 is 11.6 Å². The number of benzene rings is 1. The third kappa shape index (κ3) is 3.19. The molecule has 1 aromatic heterocycles. The van der Waals surface area contributed by atoms with Crippen molar-refractivity contribution in [3.63, 3.8) is 0 Å². The third-order valence-electron chi connectivity index (χ3n) is 3.92. The predicted octanol–water partition coefficient (Wildman–Crippen LogP) is 3.27. The molecule has 0 amide bonds. The fourth-order valence-corrected chi connectivity index (χ4v) is 3.13. The van der Waals surface area contributed by atoms with Gasteiger partial charge in [-0.05, 0) is 39.7 Å². The van der Waals surface area contributed by atoms with Gasteiger partial charge in [0.25, 0.3) is 0 Å². The van der Waals surface area contributed by atoms with Crippen molar-refractivity contribution in [1.29, 1.82) is 0 Å². The molecule has 22 heavy (non-hydrogen) atoms. The summed E-state index contributed by atoms with van der Waals surface area (Å²) < 4.78 is 28.5. The lowest BCUT2D eigenvalue weighted by atomic mass is 10.0. The van der Waals surface area contributed by atoms with Crippen molar-refractivity contribution >= 4 is 15.9 Å². The predicted molar refractivity (Wildman–Crippen MR) is 84.3 cm³/mol. The zero-order chi connectivity index (χ0) is 15.5. The van der Waals surface area contributed by atoms with E-state index >= 15 is 0 Å². The largest absolute Gasteiger partial charge is 0.314 e. The lowest BCUT2D eigenvalue weighted by Gasteiger charge is -2.36. The Morgan fingerprint density at radius 3 is 2.95 bits per heavy atom. The number of rotatable bonds is 3. The molecule has 1 aromatic carbocycles. The highest BCUT2D eigenvalue weighted by Crippen LogP contribution is 2.27. The highest BCUT2D eigenvalue weighted by molar-refractivity contribution is 9.10. The van der Waals surface area contributed by atoms with E-state index in [0.29, 0.717) is 0 Å². The molecule has 1 atom stereocenters. The number of nitrogens with zero attached hydrogens (tertiary/aromatic N) is 2. The second-order valence-corrected chi connectivity index (χ2v) is 6.15. The molecular weight excluding hydrogens is 352 g/mol. The van der Waals surface area contributed by atoms with Gasteiger partial charge in [0, 0.05) is 50.2 Å². The molecule has 1 N–H and O–H groups in total. The summed E-state index contributed by atoms with van der Waals surface area (Å²) in [6.45, 7) is 2.50. The number of piperazine rings is 1. The Hall–Kier alpha value is -1.37. The van der Waals surface area contributed by atoms with Crippen LogP contribution in [0, 0.1) is 11.6 Å². The molecule has 1 unspecified atom stereocenters. The monoisotopic (exact) mass is 367 g/mol. The summed E-state index contributed by atoms with van der Waals surface area (Å²) in [7, 11) is 0. The van der Waals surface area contributed by atoms with E-state index in [-0.39, 0.29) is 22.6 Å². The third-order valence-corrected chi connectivity index (χ3v) is 4.54. The van der Waals surface area contributed by atoms with Gasteiger partial charge in [-0.3, -0.25) is 9.88 Å². The van der Waals surface area contributed by atoms with Gasteiger partial charge in [0.15, 0.2) is 0 Å². The van der Waals surface area contributed by atoms with Crippen LogP contribution in [0.3, 0.4) is 0 Å². The average molecular weight is 368 g/mol. The maximum absolute atomic E-state index is 14.2. The van der Waals surface area contributed by atoms with E-state index in [4.69, 9.17) is 0 Å². The van der Waals surface area contributed by atoms with Gasteiger partial charge in [0.05, 0.1) is 4.47 Å². The fourth-order valence-electron chi connectivity index (χ4n) is 2.75. The van der Waals surface area contributed by atoms with Crippen molar-refractivity contribution in [2.24, 2.45) is 0 Å². The first-order valence-corrected chi connectivity index (χ1v) is 7.93. The molecule has 0 radical (unpaired) electrons. The quantitative estimate of drug-likeness (QED) is 0.843. The molecule has 1 fully saturated rings. The Kier molecular flexibility index (Phi) is 4.81. The van der Waals surface area contributed by atoms with Crippen LogP contribution in [0.2, 0.25) is 0 Å². The van der Waals surface area contributed by atoms with Crippen LogP contribution in [-0.4, -0.2) is 29.5 Å². The van der Waals surface area contributed by atoms with E-state index in [1.165, 1.54) is 12.1 Å². The number of hydrogen-bond donors (Lipinski definition) is 1. The molecule has 1 saturated heterocycles. The molecule has 3 nitrogen and oxygen atoms in total. The number of aromatic nitrogens is 1. The van der Waals surface area contributed by atoms with Gasteiger partial charge in [0.1, 0.15) is 11.6 Å². The van der Waals surface area contributed by atoms with Gasteiger partial charge in [-0.15, -0.1) is 0 Å². The van der Waals surface area contributed by atoms with E-state index in [1.807, 2.05) is 12.1 Å². The molecule has 1 aliphatic heterocycles. The summed E-state index contributed by atoms with van der Waals surface area (Å²) >= 11 is 3.12. The maximum atomic E-state index is 14.2. The summed E-state index contributed by atoms with van der Waals surface area (Å²) in [6.07, 6.45) is 3.52. The van der Waals surface area contributed by atoms with Crippen LogP contribution < -0.4 is 5.32 Å². The van der Waals surface area contributed by atoms with Crippen molar-refractivity contribution in [2.45, 2.75) is 12.6 Å². The molecule has 2 heterocycles. The van der Waals surface area contributed by atoms with E-state index in [2.05, 4.69) is 31.1 Å². The van der Waals surface area contributed by atoms with Gasteiger partial charge in [-0.25, -0.2) is 8.78 Å². The van der Waals surface area contributed by atoms with Crippen molar-refractivity contribution in [1.82, 2.24) is 15.2 Å². The minimum absolute atomic E-state index is 0.0558. The molecule has 116 valence electrons. The lowest BCUT2D eigenvalue weighted by Crippen LogP contribution is -2.45. The van der Waals surface area contributed by atoms with Crippen LogP contribution in [0.4, 0.5) is 8.78 Å². The van der Waals surface area contributed by atoms with Crippen LogP contribution >= 0.6 is 15.9 Å². The topological polar surface area (TPSA) is 28.2 Å². The van der Waals surface area contributed by atoms with Crippen LogP contribution in [0.1, 0.15) is 17.2 Å². The summed E-state index contributed by atoms with van der Waals surface area (Å²) in [5, 5.41) is 3.32. The zero-order valence-corrected chi connectivity index (χ0v) is 13.5. The van der Waals surface area contributed by atoms with Crippen LogP contribution in [0.5, 0.6) is 0 Å². The Balaban J connectivity index is 1.88. The fraction of sp³-hybridized carbons (Fsp3) is 0.312. The zero-order valence-electron chi connectivity index (χ0n) is 11.9. The minimum atomic E-state index is -0.525. The first-order chi connectivity index (χ1) is 10.7. The maximum Gasteiger partial charge on any atom is 0.144 e. The second kappa shape index (κ2) is 6.81. The molecule has 0 bridgehead atoms. The van der Waals surface area contributed by atoms with Gasteiger partial charge in [-0.1, -0.05) is 6.07 Å². The SMILES string of the molecule is Fc1ccc(Br)c(F)c1CN1CCNCC1c1cccnc1. The van der Waals surface area contributed by atoms with Gasteiger partial charge in [-0.2, -0.15) is 0 Å². The summed E-state index contributed by atoms with van der Waals surface area (Å²) in [6, 6.07) is 6.61. The normalized spacial score (nSPS) is 19.3. The molecular formula is C16H16BrF2N3. The van der Waals surface area contributed by atoms with E-state index in [1.54, 1.807) is 12.4 Å². The number of halogens is 3. The number of pyridine rings is 1. The van der Waals surface area contributed by atoms with Crippen LogP contribution in [-0.2, 0) is 6.54 Å². The summed E-state index contributed by atoms with van der Waals surface area (Å²) in [4.78, 5) is 6.23. The van der Waals surface area contributed by atoms with E-state index in [9.17, 15) is 8.78 Å². The first kappa shape index (κ1) is 15.5. The number of nitrogens with one attached hydrogen (secondary N) is 1. The Morgan fingerprint density at radius 2 is 2.18 bits per heavy atom. The Bertz CT molecular complexity index is 651. The van der Waals surface area contributed by atoms with Gasteiger partial charge < -0.3 is 5.32 Å². The minimum Gasteiger partial charge on any atom is -0.314 e. The van der Waals surface area contributed by atoms with Crippen molar-refractivity contribution < 1.29 is 8.78 Å². The molecule has 3 rings (SSSR count). The van der Waals surface area contributed by atoms with Crippen molar-refractivity contribution in [3.05, 3.63) is 63.9 Å². The van der Waals surface area contributed by atoms with Gasteiger partial charge >= 0.3 is 0 Å². The molecule has 0 aliphatic carbocycles. The Labute approximate surface area is 136 Å². The highest BCUT2D eigenvalue weighted by Gasteiger charge is 2.26. The summed E-state index contributed by atoms with van der Waals surface area (Å²) in [5.41, 5.74) is 1.15. The summed E-state index contributed by atoms with van der Waals surface area (Å²) in [5.74, 6) is -1.03. The van der Waals surface area contributed by atoms with E-state index in [0.717, 1.165) is 25.2 Å². The Morgan fingerprint density at radius 1 is 1.32 bits per heavy atom. The highest BCUT2D eigenvalue weighted by atomic mass is 79.9. The van der Waals surface area contributed by atoms with Crippen LogP contribution in [0.25, 0.3) is 0 Å². The standard InChI is InChI=1S/C16H16BrF2N3/c17-13-3-4-14(18)12(16(13)19)10-22-7-6-21-9-15(22)11-2-1-5-20-8-11/h1-5,8,15,21H,6-7,9-10H2. The molecule has 0 spiro atoms. The average Bonchev–Trinajstić information content (AvgIpc) is 2.56. The molecule has 2 aromatic rings. The molecule has 6 heteroatoms. The molecule has 1 aliphatic rings. The van der Waals surface area contributed by atoms with Gasteiger partial charge in [0.2, 0.25) is 0 Å². The lowest BCUT2D eigenvalue weighted by molar-refractivity contribution is 0.149.